The van der Waals surface area contributed by atoms with Gasteiger partial charge in [0.2, 0.25) is 0 Å². The summed E-state index contributed by atoms with van der Waals surface area (Å²) in [5.41, 5.74) is 0.264. The van der Waals surface area contributed by atoms with Crippen molar-refractivity contribution < 1.29 is 21.6 Å². The van der Waals surface area contributed by atoms with Gasteiger partial charge < -0.3 is 5.32 Å². The Morgan fingerprint density at radius 3 is 2.31 bits per heavy atom. The van der Waals surface area contributed by atoms with Crippen LogP contribution in [0.15, 0.2) is 48.5 Å². The van der Waals surface area contributed by atoms with Gasteiger partial charge in [0.25, 0.3) is 0 Å². The Labute approximate surface area is 165 Å². The lowest BCUT2D eigenvalue weighted by Gasteiger charge is -2.24. The average Bonchev–Trinajstić information content (AvgIpc) is 2.67. The van der Waals surface area contributed by atoms with Crippen LogP contribution < -0.4 is 5.32 Å². The normalized spacial score (nSPS) is 19.2. The number of anilines is 1. The zero-order chi connectivity index (χ0) is 20.6. The van der Waals surface area contributed by atoms with Crippen molar-refractivity contribution in [3.8, 4) is 11.3 Å². The molecule has 9 heteroatoms. The summed E-state index contributed by atoms with van der Waals surface area (Å²) < 4.78 is 62.3. The molecule has 152 valence electrons. The third-order valence-corrected chi connectivity index (χ3v) is 6.80. The highest BCUT2D eigenvalue weighted by atomic mass is 32.2. The first kappa shape index (κ1) is 19.6. The number of sulfone groups is 1. The molecule has 0 spiro atoms. The highest BCUT2D eigenvalue weighted by molar-refractivity contribution is 7.91. The highest BCUT2D eigenvalue weighted by Gasteiger charge is 2.30. The summed E-state index contributed by atoms with van der Waals surface area (Å²) in [7, 11) is -3.08. The number of fused-ring (bicyclic) bond motifs is 1. The maximum absolute atomic E-state index is 12.8. The third-order valence-electron chi connectivity index (χ3n) is 4.98. The van der Waals surface area contributed by atoms with Crippen molar-refractivity contribution in [2.24, 2.45) is 0 Å². The van der Waals surface area contributed by atoms with E-state index in [9.17, 15) is 21.6 Å². The fourth-order valence-corrected chi connectivity index (χ4v) is 5.21. The van der Waals surface area contributed by atoms with Gasteiger partial charge in [-0.25, -0.2) is 8.42 Å². The number of benzene rings is 2. The van der Waals surface area contributed by atoms with Crippen molar-refractivity contribution in [1.29, 1.82) is 0 Å². The van der Waals surface area contributed by atoms with E-state index in [1.165, 1.54) is 12.1 Å². The first-order valence-corrected chi connectivity index (χ1v) is 11.0. The molecule has 0 saturated carbocycles. The Bertz CT molecular complexity index is 1150. The Hall–Kier alpha value is -2.68. The van der Waals surface area contributed by atoms with Crippen LogP contribution in [-0.4, -0.2) is 36.2 Å². The van der Waals surface area contributed by atoms with Crippen LogP contribution in [0.4, 0.5) is 19.0 Å². The average molecular weight is 421 g/mol. The van der Waals surface area contributed by atoms with Crippen molar-refractivity contribution >= 4 is 26.4 Å². The van der Waals surface area contributed by atoms with Crippen molar-refractivity contribution in [3.05, 3.63) is 54.1 Å². The lowest BCUT2D eigenvalue weighted by Crippen LogP contribution is -2.35. The fraction of sp³-hybridized carbons (Fsp3) is 0.300. The van der Waals surface area contributed by atoms with Crippen molar-refractivity contribution in [2.45, 2.75) is 25.1 Å². The molecule has 0 aliphatic carbocycles. The van der Waals surface area contributed by atoms with E-state index < -0.39 is 21.6 Å². The molecule has 2 heterocycles. The van der Waals surface area contributed by atoms with Gasteiger partial charge in [0.05, 0.1) is 17.1 Å². The van der Waals surface area contributed by atoms with Gasteiger partial charge in [-0.05, 0) is 25.0 Å². The van der Waals surface area contributed by atoms with E-state index in [2.05, 4.69) is 15.5 Å². The summed E-state index contributed by atoms with van der Waals surface area (Å²) >= 11 is 0. The summed E-state index contributed by atoms with van der Waals surface area (Å²) in [4.78, 5) is 0. The van der Waals surface area contributed by atoms with Gasteiger partial charge in [-0.1, -0.05) is 36.4 Å². The summed E-state index contributed by atoms with van der Waals surface area (Å²) in [6.45, 7) is 0. The molecular formula is C20H18F3N3O2S. The molecule has 3 aromatic rings. The molecular weight excluding hydrogens is 403 g/mol. The number of halogens is 3. The molecule has 0 amide bonds. The minimum Gasteiger partial charge on any atom is -0.364 e. The summed E-state index contributed by atoms with van der Waals surface area (Å²) in [6.07, 6.45) is -3.09. The number of hydrogen-bond donors (Lipinski definition) is 1. The van der Waals surface area contributed by atoms with Crippen LogP contribution in [0.3, 0.4) is 0 Å². The van der Waals surface area contributed by atoms with Crippen LogP contribution in [0.2, 0.25) is 0 Å². The molecule has 1 N–H and O–H groups in total. The second-order valence-corrected chi connectivity index (χ2v) is 9.34. The van der Waals surface area contributed by atoms with Gasteiger partial charge in [-0.15, -0.1) is 10.2 Å². The van der Waals surface area contributed by atoms with Crippen molar-refractivity contribution in [3.63, 3.8) is 0 Å². The maximum atomic E-state index is 12.8. The molecule has 5 nitrogen and oxygen atoms in total. The smallest absolute Gasteiger partial charge is 0.364 e. The summed E-state index contributed by atoms with van der Waals surface area (Å²) in [5, 5.41) is 13.1. The fourth-order valence-electron chi connectivity index (χ4n) is 3.57. The number of rotatable bonds is 3. The molecule has 1 fully saturated rings. The molecule has 1 atom stereocenters. The molecule has 1 aliphatic heterocycles. The SMILES string of the molecule is O=S1(=O)CCCC(Nc2nnc(-c3ccc(C(F)(F)F)cc3)c3ccccc23)C1. The van der Waals surface area contributed by atoms with Crippen LogP contribution in [0.25, 0.3) is 22.0 Å². The van der Waals surface area contributed by atoms with Crippen LogP contribution in [-0.2, 0) is 16.0 Å². The number of hydrogen-bond acceptors (Lipinski definition) is 5. The van der Waals surface area contributed by atoms with E-state index in [1.807, 2.05) is 24.3 Å². The second kappa shape index (κ2) is 7.29. The number of aromatic nitrogens is 2. The number of nitrogens with one attached hydrogen (secondary N) is 1. The maximum Gasteiger partial charge on any atom is 0.416 e. The largest absolute Gasteiger partial charge is 0.416 e. The Balaban J connectivity index is 1.70. The van der Waals surface area contributed by atoms with Gasteiger partial charge in [0.15, 0.2) is 15.7 Å². The van der Waals surface area contributed by atoms with Crippen LogP contribution in [0, 0.1) is 0 Å². The zero-order valence-electron chi connectivity index (χ0n) is 15.3. The van der Waals surface area contributed by atoms with Crippen LogP contribution >= 0.6 is 0 Å². The molecule has 0 radical (unpaired) electrons. The topological polar surface area (TPSA) is 72.0 Å². The minimum absolute atomic E-state index is 0.0453. The predicted octanol–water partition coefficient (Wildman–Crippen LogP) is 4.30. The molecule has 2 aromatic carbocycles. The van der Waals surface area contributed by atoms with E-state index in [-0.39, 0.29) is 17.5 Å². The van der Waals surface area contributed by atoms with E-state index >= 15 is 0 Å². The van der Waals surface area contributed by atoms with Crippen LogP contribution in [0.5, 0.6) is 0 Å². The monoisotopic (exact) mass is 421 g/mol. The molecule has 29 heavy (non-hydrogen) atoms. The Morgan fingerprint density at radius 1 is 0.966 bits per heavy atom. The predicted molar refractivity (Wildman–Crippen MR) is 105 cm³/mol. The van der Waals surface area contributed by atoms with Crippen molar-refractivity contribution in [2.75, 3.05) is 16.8 Å². The van der Waals surface area contributed by atoms with E-state index in [1.54, 1.807) is 0 Å². The molecule has 1 aliphatic rings. The highest BCUT2D eigenvalue weighted by Crippen LogP contribution is 2.33. The van der Waals surface area contributed by atoms with E-state index in [0.29, 0.717) is 23.5 Å². The summed E-state index contributed by atoms with van der Waals surface area (Å²) in [6, 6.07) is 11.8. The number of alkyl halides is 3. The molecule has 1 saturated heterocycles. The number of nitrogens with zero attached hydrogens (tertiary/aromatic N) is 2. The summed E-state index contributed by atoms with van der Waals surface area (Å²) in [5.74, 6) is 0.715. The quantitative estimate of drug-likeness (QED) is 0.683. The first-order valence-electron chi connectivity index (χ1n) is 9.13. The second-order valence-electron chi connectivity index (χ2n) is 7.12. The zero-order valence-corrected chi connectivity index (χ0v) is 16.1. The minimum atomic E-state index is -4.40. The lowest BCUT2D eigenvalue weighted by atomic mass is 10.0. The molecule has 1 aromatic heterocycles. The van der Waals surface area contributed by atoms with E-state index in [4.69, 9.17) is 0 Å². The van der Waals surface area contributed by atoms with Crippen molar-refractivity contribution in [1.82, 2.24) is 10.2 Å². The van der Waals surface area contributed by atoms with Gasteiger partial charge in [0, 0.05) is 22.4 Å². The Kier molecular flexibility index (Phi) is 4.94. The first-order chi connectivity index (χ1) is 13.7. The lowest BCUT2D eigenvalue weighted by molar-refractivity contribution is -0.137. The molecule has 4 rings (SSSR count). The standard InChI is InChI=1S/C20H18F3N3O2S/c21-20(22,23)14-9-7-13(8-10-14)18-16-5-1-2-6-17(16)19(26-25-18)24-15-4-3-11-29(27,28)12-15/h1-2,5-10,15H,3-4,11-12H2,(H,24,26). The third kappa shape index (κ3) is 4.19. The van der Waals surface area contributed by atoms with E-state index in [0.717, 1.165) is 29.3 Å². The van der Waals surface area contributed by atoms with Crippen LogP contribution in [0.1, 0.15) is 18.4 Å². The van der Waals surface area contributed by atoms with Gasteiger partial charge >= 0.3 is 6.18 Å². The van der Waals surface area contributed by atoms with Gasteiger partial charge in [-0.3, -0.25) is 0 Å². The Morgan fingerprint density at radius 2 is 1.66 bits per heavy atom. The molecule has 1 unspecified atom stereocenters. The van der Waals surface area contributed by atoms with Gasteiger partial charge in [-0.2, -0.15) is 13.2 Å². The molecule has 0 bridgehead atoms. The van der Waals surface area contributed by atoms with Gasteiger partial charge in [0.1, 0.15) is 5.69 Å².